The molecule has 0 N–H and O–H groups in total. The molecular weight excluding hydrogens is 292 g/mol. The molecule has 1 aliphatic rings. The molecular formula is C18H26N2O3. The van der Waals surface area contributed by atoms with Crippen LogP contribution >= 0.6 is 0 Å². The van der Waals surface area contributed by atoms with Gasteiger partial charge in [0.2, 0.25) is 11.8 Å². The Morgan fingerprint density at radius 3 is 2.70 bits per heavy atom. The van der Waals surface area contributed by atoms with Crippen molar-refractivity contribution < 1.29 is 14.3 Å². The first-order valence-electron chi connectivity index (χ1n) is 8.17. The lowest BCUT2D eigenvalue weighted by molar-refractivity contribution is -0.136. The minimum absolute atomic E-state index is 0.00880. The van der Waals surface area contributed by atoms with Gasteiger partial charge in [-0.3, -0.25) is 9.59 Å². The Labute approximate surface area is 138 Å². The quantitative estimate of drug-likeness (QED) is 0.772. The fourth-order valence-corrected chi connectivity index (χ4v) is 3.06. The highest BCUT2D eigenvalue weighted by atomic mass is 16.5. The van der Waals surface area contributed by atoms with Crippen molar-refractivity contribution in [3.63, 3.8) is 0 Å². The van der Waals surface area contributed by atoms with Crippen molar-refractivity contribution in [2.45, 2.75) is 32.9 Å². The van der Waals surface area contributed by atoms with E-state index >= 15 is 0 Å². The summed E-state index contributed by atoms with van der Waals surface area (Å²) in [5, 5.41) is 0. The molecule has 5 heteroatoms. The van der Waals surface area contributed by atoms with E-state index in [9.17, 15) is 9.59 Å². The van der Waals surface area contributed by atoms with Crippen LogP contribution in [-0.4, -0.2) is 54.5 Å². The summed E-state index contributed by atoms with van der Waals surface area (Å²) < 4.78 is 5.12. The predicted octanol–water partition coefficient (Wildman–Crippen LogP) is 1.92. The SMILES string of the molecule is CCN(Cc1ccccc1)C(=O)[C@H]1CC(=O)N([C@H](C)COC)C1. The van der Waals surface area contributed by atoms with Crippen LogP contribution in [0.5, 0.6) is 0 Å². The third kappa shape index (κ3) is 4.32. The maximum Gasteiger partial charge on any atom is 0.228 e. The van der Waals surface area contributed by atoms with Gasteiger partial charge in [-0.2, -0.15) is 0 Å². The fraction of sp³-hybridized carbons (Fsp3) is 0.556. The lowest BCUT2D eigenvalue weighted by Gasteiger charge is -2.26. The summed E-state index contributed by atoms with van der Waals surface area (Å²) in [6.07, 6.45) is 0.304. The molecule has 0 spiro atoms. The predicted molar refractivity (Wildman–Crippen MR) is 88.7 cm³/mol. The summed E-state index contributed by atoms with van der Waals surface area (Å²) in [6.45, 7) is 6.15. The van der Waals surface area contributed by atoms with Crippen LogP contribution in [0.3, 0.4) is 0 Å². The molecule has 23 heavy (non-hydrogen) atoms. The zero-order valence-electron chi connectivity index (χ0n) is 14.2. The van der Waals surface area contributed by atoms with Gasteiger partial charge in [0.25, 0.3) is 0 Å². The molecule has 5 nitrogen and oxygen atoms in total. The van der Waals surface area contributed by atoms with E-state index in [0.717, 1.165) is 5.56 Å². The van der Waals surface area contributed by atoms with E-state index in [1.54, 1.807) is 12.0 Å². The Morgan fingerprint density at radius 1 is 1.39 bits per heavy atom. The Balaban J connectivity index is 2.00. The zero-order chi connectivity index (χ0) is 16.8. The largest absolute Gasteiger partial charge is 0.383 e. The molecule has 1 aromatic rings. The van der Waals surface area contributed by atoms with Crippen LogP contribution < -0.4 is 0 Å². The number of likely N-dealkylation sites (tertiary alicyclic amines) is 1. The molecule has 1 aromatic carbocycles. The number of methoxy groups -OCH3 is 1. The Morgan fingerprint density at radius 2 is 2.09 bits per heavy atom. The number of carbonyl (C=O) groups is 2. The molecule has 1 fully saturated rings. The molecule has 2 rings (SSSR count). The van der Waals surface area contributed by atoms with Gasteiger partial charge in [-0.1, -0.05) is 30.3 Å². The van der Waals surface area contributed by atoms with E-state index in [-0.39, 0.29) is 23.8 Å². The molecule has 0 radical (unpaired) electrons. The molecule has 0 aliphatic carbocycles. The fourth-order valence-electron chi connectivity index (χ4n) is 3.06. The van der Waals surface area contributed by atoms with Gasteiger partial charge in [0, 0.05) is 33.2 Å². The lowest BCUT2D eigenvalue weighted by atomic mass is 10.1. The molecule has 1 saturated heterocycles. The van der Waals surface area contributed by atoms with Crippen LogP contribution in [0.25, 0.3) is 0 Å². The maximum absolute atomic E-state index is 12.8. The first-order chi connectivity index (χ1) is 11.1. The van der Waals surface area contributed by atoms with E-state index in [4.69, 9.17) is 4.74 Å². The van der Waals surface area contributed by atoms with Crippen molar-refractivity contribution >= 4 is 11.8 Å². The topological polar surface area (TPSA) is 49.9 Å². The monoisotopic (exact) mass is 318 g/mol. The van der Waals surface area contributed by atoms with Crippen molar-refractivity contribution in [2.75, 3.05) is 26.8 Å². The summed E-state index contributed by atoms with van der Waals surface area (Å²) in [4.78, 5) is 28.5. The number of carbonyl (C=O) groups excluding carboxylic acids is 2. The van der Waals surface area contributed by atoms with E-state index in [1.165, 1.54) is 0 Å². The summed E-state index contributed by atoms with van der Waals surface area (Å²) >= 11 is 0. The highest BCUT2D eigenvalue weighted by molar-refractivity contribution is 5.89. The first kappa shape index (κ1) is 17.5. The van der Waals surface area contributed by atoms with Gasteiger partial charge in [0.05, 0.1) is 18.6 Å². The normalized spacial score (nSPS) is 19.0. The molecule has 126 valence electrons. The molecule has 0 bridgehead atoms. The van der Waals surface area contributed by atoms with Crippen molar-refractivity contribution in [3.05, 3.63) is 35.9 Å². The summed E-state index contributed by atoms with van der Waals surface area (Å²) in [7, 11) is 1.62. The average Bonchev–Trinajstić information content (AvgIpc) is 2.95. The number of benzene rings is 1. The Hall–Kier alpha value is -1.88. The third-order valence-electron chi connectivity index (χ3n) is 4.36. The first-order valence-corrected chi connectivity index (χ1v) is 8.17. The number of hydrogen-bond acceptors (Lipinski definition) is 3. The molecule has 0 saturated carbocycles. The van der Waals surface area contributed by atoms with Crippen molar-refractivity contribution in [1.82, 2.24) is 9.80 Å². The second kappa shape index (κ2) is 8.11. The standard InChI is InChI=1S/C18H26N2O3/c1-4-19(11-15-8-6-5-7-9-15)18(22)16-10-17(21)20(12-16)14(2)13-23-3/h5-9,14,16H,4,10-13H2,1-3H3/t14-,16+/m1/s1. The average molecular weight is 318 g/mol. The number of ether oxygens (including phenoxy) is 1. The summed E-state index contributed by atoms with van der Waals surface area (Å²) in [5.41, 5.74) is 1.11. The van der Waals surface area contributed by atoms with Crippen molar-refractivity contribution in [2.24, 2.45) is 5.92 Å². The number of hydrogen-bond donors (Lipinski definition) is 0. The summed E-state index contributed by atoms with van der Waals surface area (Å²) in [5.74, 6) is -0.133. The minimum Gasteiger partial charge on any atom is -0.383 e. The highest BCUT2D eigenvalue weighted by Crippen LogP contribution is 2.23. The van der Waals surface area contributed by atoms with E-state index < -0.39 is 0 Å². The van der Waals surface area contributed by atoms with Gasteiger partial charge < -0.3 is 14.5 Å². The zero-order valence-corrected chi connectivity index (χ0v) is 14.2. The van der Waals surface area contributed by atoms with Crippen molar-refractivity contribution in [3.8, 4) is 0 Å². The van der Waals surface area contributed by atoms with Gasteiger partial charge in [-0.25, -0.2) is 0 Å². The second-order valence-corrected chi connectivity index (χ2v) is 6.09. The molecule has 1 aliphatic heterocycles. The van der Waals surface area contributed by atoms with Crippen LogP contribution in [0, 0.1) is 5.92 Å². The van der Waals surface area contributed by atoms with E-state index in [1.807, 2.05) is 49.1 Å². The molecule has 1 heterocycles. The maximum atomic E-state index is 12.8. The molecule has 2 amide bonds. The van der Waals surface area contributed by atoms with Crippen LogP contribution in [0.2, 0.25) is 0 Å². The van der Waals surface area contributed by atoms with Gasteiger partial charge in [-0.15, -0.1) is 0 Å². The second-order valence-electron chi connectivity index (χ2n) is 6.09. The molecule has 0 aromatic heterocycles. The van der Waals surface area contributed by atoms with Crippen LogP contribution in [0.1, 0.15) is 25.8 Å². The highest BCUT2D eigenvalue weighted by Gasteiger charge is 2.38. The Bertz CT molecular complexity index is 532. The summed E-state index contributed by atoms with van der Waals surface area (Å²) in [6, 6.07) is 9.95. The minimum atomic E-state index is -0.245. The third-order valence-corrected chi connectivity index (χ3v) is 4.36. The van der Waals surface area contributed by atoms with Gasteiger partial charge in [-0.05, 0) is 19.4 Å². The van der Waals surface area contributed by atoms with Gasteiger partial charge in [0.15, 0.2) is 0 Å². The van der Waals surface area contributed by atoms with Crippen LogP contribution in [-0.2, 0) is 20.9 Å². The van der Waals surface area contributed by atoms with E-state index in [0.29, 0.717) is 32.7 Å². The van der Waals surface area contributed by atoms with Crippen molar-refractivity contribution in [1.29, 1.82) is 0 Å². The van der Waals surface area contributed by atoms with Gasteiger partial charge in [0.1, 0.15) is 0 Å². The lowest BCUT2D eigenvalue weighted by Crippen LogP contribution is -2.40. The number of rotatable bonds is 7. The Kier molecular flexibility index (Phi) is 6.16. The molecule has 0 unspecified atom stereocenters. The smallest absolute Gasteiger partial charge is 0.228 e. The van der Waals surface area contributed by atoms with Crippen LogP contribution in [0.4, 0.5) is 0 Å². The van der Waals surface area contributed by atoms with Crippen LogP contribution in [0.15, 0.2) is 30.3 Å². The number of nitrogens with zero attached hydrogens (tertiary/aromatic N) is 2. The number of amides is 2. The van der Waals surface area contributed by atoms with Gasteiger partial charge >= 0.3 is 0 Å². The van der Waals surface area contributed by atoms with E-state index in [2.05, 4.69) is 0 Å². The molecule has 2 atom stereocenters.